The van der Waals surface area contributed by atoms with Crippen LogP contribution in [0.15, 0.2) is 47.4 Å². The molecule has 0 fully saturated rings. The van der Waals surface area contributed by atoms with Gasteiger partial charge in [-0.15, -0.1) is 0 Å². The third-order valence-corrected chi connectivity index (χ3v) is 4.92. The largest absolute Gasteiger partial charge is 0.435 e. The Labute approximate surface area is 150 Å². The number of alkyl halides is 2. The van der Waals surface area contributed by atoms with Gasteiger partial charge in [-0.3, -0.25) is 4.79 Å². The second-order valence-corrected chi connectivity index (χ2v) is 7.91. The predicted octanol–water partition coefficient (Wildman–Crippen LogP) is 3.49. The average Bonchev–Trinajstić information content (AvgIpc) is 2.53. The molecule has 0 aliphatic rings. The average molecular weight is 383 g/mol. The Morgan fingerprint density at radius 3 is 2.46 bits per heavy atom. The van der Waals surface area contributed by atoms with Gasteiger partial charge in [0.1, 0.15) is 5.75 Å². The number of benzene rings is 2. The van der Waals surface area contributed by atoms with Crippen molar-refractivity contribution in [3.05, 3.63) is 59.2 Å². The Morgan fingerprint density at radius 1 is 1.15 bits per heavy atom. The van der Waals surface area contributed by atoms with Crippen LogP contribution in [0.3, 0.4) is 0 Å². The van der Waals surface area contributed by atoms with Crippen molar-refractivity contribution in [3.8, 4) is 5.75 Å². The Kier molecular flexibility index (Phi) is 5.97. The van der Waals surface area contributed by atoms with Gasteiger partial charge in [0.2, 0.25) is 0 Å². The molecule has 0 saturated heterocycles. The molecule has 0 aliphatic carbocycles. The van der Waals surface area contributed by atoms with Crippen LogP contribution in [0.25, 0.3) is 0 Å². The van der Waals surface area contributed by atoms with Gasteiger partial charge in [-0.2, -0.15) is 8.78 Å². The zero-order valence-electron chi connectivity index (χ0n) is 14.5. The smallest absolute Gasteiger partial charge is 0.387 e. The number of aryl methyl sites for hydroxylation is 1. The highest BCUT2D eigenvalue weighted by Crippen LogP contribution is 2.22. The number of halogens is 2. The fourth-order valence-electron chi connectivity index (χ4n) is 2.39. The van der Waals surface area contributed by atoms with Crippen molar-refractivity contribution in [1.82, 2.24) is 5.32 Å². The molecule has 140 valence electrons. The summed E-state index contributed by atoms with van der Waals surface area (Å²) >= 11 is 0. The van der Waals surface area contributed by atoms with Crippen LogP contribution >= 0.6 is 0 Å². The molecule has 0 radical (unpaired) electrons. The first kappa shape index (κ1) is 19.8. The molecule has 0 aromatic heterocycles. The molecule has 1 N–H and O–H groups in total. The summed E-state index contributed by atoms with van der Waals surface area (Å²) in [6.07, 6.45) is 1.07. The molecule has 2 rings (SSSR count). The van der Waals surface area contributed by atoms with Crippen LogP contribution in [0, 0.1) is 6.92 Å². The molecule has 0 heterocycles. The normalized spacial score (nSPS) is 12.7. The SMILES string of the molecule is Cc1ccc(S(C)(=O)=O)cc1C(=O)NC(C)c1cccc(OC(F)F)c1. The molecule has 2 aromatic carbocycles. The number of hydrogen-bond acceptors (Lipinski definition) is 4. The lowest BCUT2D eigenvalue weighted by Gasteiger charge is -2.17. The highest BCUT2D eigenvalue weighted by atomic mass is 32.2. The topological polar surface area (TPSA) is 72.5 Å². The first-order valence-corrected chi connectivity index (χ1v) is 9.63. The van der Waals surface area contributed by atoms with Crippen molar-refractivity contribution in [2.45, 2.75) is 31.4 Å². The molecule has 26 heavy (non-hydrogen) atoms. The van der Waals surface area contributed by atoms with Gasteiger partial charge in [0.05, 0.1) is 10.9 Å². The molecule has 0 aliphatic heterocycles. The lowest BCUT2D eigenvalue weighted by Crippen LogP contribution is -2.27. The third-order valence-electron chi connectivity index (χ3n) is 3.81. The van der Waals surface area contributed by atoms with E-state index in [0.717, 1.165) is 6.26 Å². The van der Waals surface area contributed by atoms with Gasteiger partial charge in [0, 0.05) is 11.8 Å². The van der Waals surface area contributed by atoms with Gasteiger partial charge >= 0.3 is 6.61 Å². The summed E-state index contributed by atoms with van der Waals surface area (Å²) in [5, 5.41) is 2.74. The quantitative estimate of drug-likeness (QED) is 0.829. The van der Waals surface area contributed by atoms with Crippen LogP contribution in [-0.2, 0) is 9.84 Å². The monoisotopic (exact) mass is 383 g/mol. The minimum atomic E-state index is -3.44. The molecule has 0 bridgehead atoms. The van der Waals surface area contributed by atoms with Gasteiger partial charge in [-0.25, -0.2) is 8.42 Å². The fraction of sp³-hybridized carbons (Fsp3) is 0.278. The number of nitrogens with one attached hydrogen (secondary N) is 1. The standard InChI is InChI=1S/C18H19F2NO4S/c1-11-7-8-15(26(3,23)24)10-16(11)17(22)21-12(2)13-5-4-6-14(9-13)25-18(19)20/h4-10,12,18H,1-3H3,(H,21,22). The van der Waals surface area contributed by atoms with E-state index in [1.54, 1.807) is 32.0 Å². The van der Waals surface area contributed by atoms with Gasteiger partial charge < -0.3 is 10.1 Å². The van der Waals surface area contributed by atoms with E-state index >= 15 is 0 Å². The van der Waals surface area contributed by atoms with Crippen LogP contribution in [-0.4, -0.2) is 27.2 Å². The van der Waals surface area contributed by atoms with Crippen molar-refractivity contribution in [3.63, 3.8) is 0 Å². The number of ether oxygens (including phenoxy) is 1. The number of carbonyl (C=O) groups is 1. The predicted molar refractivity (Wildman–Crippen MR) is 93.2 cm³/mol. The van der Waals surface area contributed by atoms with Gasteiger partial charge in [-0.05, 0) is 49.2 Å². The lowest BCUT2D eigenvalue weighted by molar-refractivity contribution is -0.0499. The van der Waals surface area contributed by atoms with Crippen molar-refractivity contribution in [1.29, 1.82) is 0 Å². The summed E-state index contributed by atoms with van der Waals surface area (Å²) in [5.41, 5.74) is 1.44. The van der Waals surface area contributed by atoms with E-state index in [2.05, 4.69) is 10.1 Å². The van der Waals surface area contributed by atoms with Crippen LogP contribution in [0.5, 0.6) is 5.75 Å². The van der Waals surface area contributed by atoms with Crippen LogP contribution in [0.1, 0.15) is 34.5 Å². The third kappa shape index (κ3) is 5.01. The van der Waals surface area contributed by atoms with Gasteiger partial charge in [0.25, 0.3) is 5.91 Å². The van der Waals surface area contributed by atoms with E-state index in [0.29, 0.717) is 11.1 Å². The van der Waals surface area contributed by atoms with E-state index < -0.39 is 28.4 Å². The first-order chi connectivity index (χ1) is 12.1. The fourth-order valence-corrected chi connectivity index (χ4v) is 3.04. The van der Waals surface area contributed by atoms with Crippen LogP contribution in [0.2, 0.25) is 0 Å². The Bertz CT molecular complexity index is 913. The van der Waals surface area contributed by atoms with Crippen LogP contribution < -0.4 is 10.1 Å². The molecule has 8 heteroatoms. The molecule has 0 saturated carbocycles. The highest BCUT2D eigenvalue weighted by molar-refractivity contribution is 7.90. The minimum absolute atomic E-state index is 0.00569. The molecule has 1 atom stereocenters. The number of carbonyl (C=O) groups excluding carboxylic acids is 1. The second-order valence-electron chi connectivity index (χ2n) is 5.90. The van der Waals surface area contributed by atoms with E-state index in [9.17, 15) is 22.0 Å². The van der Waals surface area contributed by atoms with E-state index in [-0.39, 0.29) is 16.2 Å². The number of amides is 1. The molecular weight excluding hydrogens is 364 g/mol. The van der Waals surface area contributed by atoms with Crippen molar-refractivity contribution in [2.24, 2.45) is 0 Å². The molecule has 1 unspecified atom stereocenters. The summed E-state index contributed by atoms with van der Waals surface area (Å²) in [6.45, 7) is 0.453. The Hall–Kier alpha value is -2.48. The second kappa shape index (κ2) is 7.82. The summed E-state index contributed by atoms with van der Waals surface area (Å²) in [5.74, 6) is -0.463. The molecule has 2 aromatic rings. The summed E-state index contributed by atoms with van der Waals surface area (Å²) < 4.78 is 52.4. The van der Waals surface area contributed by atoms with Crippen molar-refractivity contribution in [2.75, 3.05) is 6.26 Å². The molecule has 1 amide bonds. The highest BCUT2D eigenvalue weighted by Gasteiger charge is 2.17. The van der Waals surface area contributed by atoms with Crippen LogP contribution in [0.4, 0.5) is 8.78 Å². The number of sulfone groups is 1. The summed E-state index contributed by atoms with van der Waals surface area (Å²) in [4.78, 5) is 12.6. The van der Waals surface area contributed by atoms with Gasteiger partial charge in [-0.1, -0.05) is 18.2 Å². The number of rotatable bonds is 6. The Balaban J connectivity index is 2.22. The molecule has 0 spiro atoms. The molecule has 5 nitrogen and oxygen atoms in total. The van der Waals surface area contributed by atoms with Gasteiger partial charge in [0.15, 0.2) is 9.84 Å². The summed E-state index contributed by atoms with van der Waals surface area (Å²) in [6, 6.07) is 9.85. The lowest BCUT2D eigenvalue weighted by atomic mass is 10.1. The maximum atomic E-state index is 12.5. The van der Waals surface area contributed by atoms with E-state index in [4.69, 9.17) is 0 Å². The van der Waals surface area contributed by atoms with E-state index in [1.165, 1.54) is 24.3 Å². The summed E-state index contributed by atoms with van der Waals surface area (Å²) in [7, 11) is -3.44. The Morgan fingerprint density at radius 2 is 1.85 bits per heavy atom. The minimum Gasteiger partial charge on any atom is -0.435 e. The zero-order valence-corrected chi connectivity index (χ0v) is 15.3. The first-order valence-electron chi connectivity index (χ1n) is 7.74. The van der Waals surface area contributed by atoms with Crippen molar-refractivity contribution < 1.29 is 26.7 Å². The van der Waals surface area contributed by atoms with Crippen molar-refractivity contribution >= 4 is 15.7 Å². The zero-order chi connectivity index (χ0) is 19.5. The molecular formula is C18H19F2NO4S. The maximum Gasteiger partial charge on any atom is 0.387 e. The number of hydrogen-bond donors (Lipinski definition) is 1. The van der Waals surface area contributed by atoms with E-state index in [1.807, 2.05) is 0 Å². The maximum absolute atomic E-state index is 12.5.